The summed E-state index contributed by atoms with van der Waals surface area (Å²) in [7, 11) is 0. The second kappa shape index (κ2) is 6.13. The van der Waals surface area contributed by atoms with E-state index in [0.717, 1.165) is 47.6 Å². The molecule has 0 saturated carbocycles. The van der Waals surface area contributed by atoms with Gasteiger partial charge in [0.25, 0.3) is 0 Å². The summed E-state index contributed by atoms with van der Waals surface area (Å²) in [5.74, 6) is 1.66. The van der Waals surface area contributed by atoms with Crippen LogP contribution in [-0.4, -0.2) is 24.1 Å². The van der Waals surface area contributed by atoms with E-state index in [1.54, 1.807) is 0 Å². The molecular formula is C20H21N3O. The summed E-state index contributed by atoms with van der Waals surface area (Å²) in [4.78, 5) is 7.02. The molecule has 0 amide bonds. The molecule has 4 rings (SSSR count). The Labute approximate surface area is 141 Å². The number of ether oxygens (including phenoxy) is 1. The molecule has 1 atom stereocenters. The van der Waals surface area contributed by atoms with Crippen molar-refractivity contribution in [2.45, 2.75) is 19.4 Å². The molecular weight excluding hydrogens is 298 g/mol. The first-order chi connectivity index (χ1) is 11.7. The van der Waals surface area contributed by atoms with Crippen LogP contribution in [-0.2, 0) is 0 Å². The fourth-order valence-corrected chi connectivity index (χ4v) is 3.27. The molecule has 24 heavy (non-hydrogen) atoms. The lowest BCUT2D eigenvalue weighted by atomic mass is 10.1. The predicted molar refractivity (Wildman–Crippen MR) is 97.8 cm³/mol. The molecule has 1 saturated heterocycles. The van der Waals surface area contributed by atoms with Crippen LogP contribution in [0.4, 0.5) is 5.69 Å². The molecule has 1 aromatic heterocycles. The minimum atomic E-state index is 0.247. The van der Waals surface area contributed by atoms with Crippen LogP contribution in [0.15, 0.2) is 54.6 Å². The Morgan fingerprint density at radius 2 is 1.92 bits per heavy atom. The molecule has 1 unspecified atom stereocenters. The van der Waals surface area contributed by atoms with Gasteiger partial charge in [0.05, 0.1) is 5.52 Å². The first-order valence-electron chi connectivity index (χ1n) is 8.34. The van der Waals surface area contributed by atoms with Gasteiger partial charge in [-0.05, 0) is 49.7 Å². The monoisotopic (exact) mass is 319 g/mol. The van der Waals surface area contributed by atoms with E-state index in [1.165, 1.54) is 5.69 Å². The van der Waals surface area contributed by atoms with Gasteiger partial charge in [0.2, 0.25) is 0 Å². The smallest absolute Gasteiger partial charge is 0.128 e. The van der Waals surface area contributed by atoms with Crippen molar-refractivity contribution in [3.8, 4) is 11.5 Å². The maximum Gasteiger partial charge on any atom is 0.128 e. The molecule has 4 nitrogen and oxygen atoms in total. The second-order valence-corrected chi connectivity index (χ2v) is 6.37. The molecule has 3 aromatic rings. The molecule has 0 radical (unpaired) electrons. The number of aryl methyl sites for hydroxylation is 1. The highest BCUT2D eigenvalue weighted by atomic mass is 16.5. The third kappa shape index (κ3) is 2.93. The van der Waals surface area contributed by atoms with E-state index in [2.05, 4.69) is 22.0 Å². The molecule has 2 heterocycles. The van der Waals surface area contributed by atoms with Crippen LogP contribution in [0.3, 0.4) is 0 Å². The van der Waals surface area contributed by atoms with Gasteiger partial charge in [0, 0.05) is 35.9 Å². The average molecular weight is 319 g/mol. The highest BCUT2D eigenvalue weighted by Gasteiger charge is 2.21. The Morgan fingerprint density at radius 3 is 2.67 bits per heavy atom. The summed E-state index contributed by atoms with van der Waals surface area (Å²) in [6.07, 6.45) is 1.03. The van der Waals surface area contributed by atoms with Crippen molar-refractivity contribution in [1.82, 2.24) is 4.98 Å². The molecule has 0 spiro atoms. The zero-order chi connectivity index (χ0) is 16.5. The van der Waals surface area contributed by atoms with E-state index in [0.29, 0.717) is 0 Å². The molecule has 0 aliphatic carbocycles. The number of anilines is 1. The zero-order valence-electron chi connectivity index (χ0n) is 13.8. The van der Waals surface area contributed by atoms with E-state index >= 15 is 0 Å². The third-order valence-electron chi connectivity index (χ3n) is 4.43. The summed E-state index contributed by atoms with van der Waals surface area (Å²) in [5.41, 5.74) is 9.31. The Hall–Kier alpha value is -2.59. The number of fused-ring (bicyclic) bond motifs is 1. The van der Waals surface area contributed by atoms with Gasteiger partial charge >= 0.3 is 0 Å². The van der Waals surface area contributed by atoms with Crippen LogP contribution < -0.4 is 15.4 Å². The number of aromatic nitrogens is 1. The Balaban J connectivity index is 1.75. The van der Waals surface area contributed by atoms with Gasteiger partial charge in [-0.25, -0.2) is 0 Å². The number of pyridine rings is 1. The van der Waals surface area contributed by atoms with Gasteiger partial charge in [-0.2, -0.15) is 0 Å². The average Bonchev–Trinajstić information content (AvgIpc) is 3.02. The van der Waals surface area contributed by atoms with Crippen molar-refractivity contribution in [2.75, 3.05) is 18.0 Å². The van der Waals surface area contributed by atoms with Crippen LogP contribution in [0.2, 0.25) is 0 Å². The number of nitrogens with zero attached hydrogens (tertiary/aromatic N) is 2. The molecule has 2 aromatic carbocycles. The lowest BCUT2D eigenvalue weighted by molar-refractivity contribution is 0.483. The van der Waals surface area contributed by atoms with Crippen molar-refractivity contribution in [3.63, 3.8) is 0 Å². The summed E-state index contributed by atoms with van der Waals surface area (Å²) < 4.78 is 5.98. The fraction of sp³-hybridized carbons (Fsp3) is 0.250. The quantitative estimate of drug-likeness (QED) is 0.796. The van der Waals surface area contributed by atoms with Crippen LogP contribution in [0.25, 0.3) is 10.9 Å². The molecule has 4 heteroatoms. The number of hydrogen-bond acceptors (Lipinski definition) is 4. The normalized spacial score (nSPS) is 17.4. The van der Waals surface area contributed by atoms with Crippen LogP contribution in [0.1, 0.15) is 12.1 Å². The summed E-state index contributed by atoms with van der Waals surface area (Å²) in [5, 5.41) is 1.11. The highest BCUT2D eigenvalue weighted by molar-refractivity contribution is 5.93. The highest BCUT2D eigenvalue weighted by Crippen LogP contribution is 2.33. The number of nitrogens with two attached hydrogens (primary N) is 1. The van der Waals surface area contributed by atoms with E-state index in [4.69, 9.17) is 10.5 Å². The minimum absolute atomic E-state index is 0.247. The lowest BCUT2D eigenvalue weighted by Crippen LogP contribution is -2.26. The molecule has 2 N–H and O–H groups in total. The first-order valence-corrected chi connectivity index (χ1v) is 8.34. The SMILES string of the molecule is Cc1cc(N2CCC(N)C2)c2cc(Oc3ccccc3)ccc2n1. The van der Waals surface area contributed by atoms with Gasteiger partial charge in [-0.3, -0.25) is 4.98 Å². The maximum absolute atomic E-state index is 6.09. The lowest BCUT2D eigenvalue weighted by Gasteiger charge is -2.21. The largest absolute Gasteiger partial charge is 0.457 e. The molecule has 122 valence electrons. The van der Waals surface area contributed by atoms with Crippen LogP contribution in [0, 0.1) is 6.92 Å². The van der Waals surface area contributed by atoms with E-state index in [-0.39, 0.29) is 6.04 Å². The van der Waals surface area contributed by atoms with Gasteiger partial charge < -0.3 is 15.4 Å². The fourth-order valence-electron chi connectivity index (χ4n) is 3.27. The Morgan fingerprint density at radius 1 is 1.08 bits per heavy atom. The van der Waals surface area contributed by atoms with Crippen LogP contribution in [0.5, 0.6) is 11.5 Å². The molecule has 1 fully saturated rings. The van der Waals surface area contributed by atoms with Gasteiger partial charge in [0.1, 0.15) is 11.5 Å². The topological polar surface area (TPSA) is 51.4 Å². The van der Waals surface area contributed by atoms with Crippen molar-refractivity contribution >= 4 is 16.6 Å². The van der Waals surface area contributed by atoms with E-state index < -0.39 is 0 Å². The zero-order valence-corrected chi connectivity index (χ0v) is 13.8. The second-order valence-electron chi connectivity index (χ2n) is 6.37. The summed E-state index contributed by atoms with van der Waals surface area (Å²) in [6, 6.07) is 18.3. The van der Waals surface area contributed by atoms with E-state index in [1.807, 2.05) is 49.4 Å². The number of hydrogen-bond donors (Lipinski definition) is 1. The summed E-state index contributed by atoms with van der Waals surface area (Å²) >= 11 is 0. The first kappa shape index (κ1) is 15.0. The van der Waals surface area contributed by atoms with Gasteiger partial charge in [-0.15, -0.1) is 0 Å². The number of benzene rings is 2. The number of rotatable bonds is 3. The van der Waals surface area contributed by atoms with Crippen molar-refractivity contribution in [3.05, 3.63) is 60.3 Å². The van der Waals surface area contributed by atoms with E-state index in [9.17, 15) is 0 Å². The Kier molecular flexibility index (Phi) is 3.82. The number of para-hydroxylation sites is 1. The molecule has 0 bridgehead atoms. The minimum Gasteiger partial charge on any atom is -0.457 e. The van der Waals surface area contributed by atoms with Crippen molar-refractivity contribution in [2.24, 2.45) is 5.73 Å². The van der Waals surface area contributed by atoms with Crippen molar-refractivity contribution < 1.29 is 4.74 Å². The van der Waals surface area contributed by atoms with Crippen molar-refractivity contribution in [1.29, 1.82) is 0 Å². The Bertz CT molecular complexity index is 863. The standard InChI is InChI=1S/C20H21N3O/c1-14-11-20(23-10-9-15(21)13-23)18-12-17(7-8-19(18)22-14)24-16-5-3-2-4-6-16/h2-8,11-12,15H,9-10,13,21H2,1H3. The summed E-state index contributed by atoms with van der Waals surface area (Å²) in [6.45, 7) is 3.92. The predicted octanol–water partition coefficient (Wildman–Crippen LogP) is 3.87. The van der Waals surface area contributed by atoms with Gasteiger partial charge in [-0.1, -0.05) is 18.2 Å². The van der Waals surface area contributed by atoms with Crippen LogP contribution >= 0.6 is 0 Å². The maximum atomic E-state index is 6.09. The van der Waals surface area contributed by atoms with Gasteiger partial charge in [0.15, 0.2) is 0 Å². The molecule has 1 aliphatic heterocycles. The molecule has 1 aliphatic rings. The third-order valence-corrected chi connectivity index (χ3v) is 4.43.